The number of carboxylic acid groups (broad SMARTS) is 1. The number of aliphatic carboxylic acids is 1. The Labute approximate surface area is 196 Å². The first-order valence-corrected chi connectivity index (χ1v) is 11.3. The summed E-state index contributed by atoms with van der Waals surface area (Å²) in [6.45, 7) is 8.56. The average molecular weight is 467 g/mol. The van der Waals surface area contributed by atoms with Gasteiger partial charge in [-0.1, -0.05) is 50.6 Å². The topological polar surface area (TPSA) is 125 Å². The van der Waals surface area contributed by atoms with E-state index < -0.39 is 42.3 Å². The van der Waals surface area contributed by atoms with Crippen LogP contribution >= 0.6 is 0 Å². The summed E-state index contributed by atoms with van der Waals surface area (Å²) in [5, 5.41) is 22.5. The van der Waals surface area contributed by atoms with E-state index in [9.17, 15) is 24.6 Å². The molecule has 186 valence electrons. The maximum Gasteiger partial charge on any atom is 0.407 e. The maximum atomic E-state index is 12.9. The molecule has 9 heteroatoms. The number of aryl methyl sites for hydroxylation is 1. The highest BCUT2D eigenvalue weighted by Crippen LogP contribution is 2.15. The number of hydrogen-bond acceptors (Lipinski definition) is 6. The van der Waals surface area contributed by atoms with Crippen LogP contribution in [0, 0.1) is 5.92 Å². The maximum absolute atomic E-state index is 12.9. The summed E-state index contributed by atoms with van der Waals surface area (Å²) < 4.78 is 5.32. The van der Waals surface area contributed by atoms with Crippen LogP contribution in [0.25, 0.3) is 0 Å². The molecule has 3 atom stereocenters. The Balaban J connectivity index is 2.96. The van der Waals surface area contributed by atoms with Gasteiger partial charge in [0.25, 0.3) is 0 Å². The smallest absolute Gasteiger partial charge is 0.407 e. The molecule has 0 aliphatic carbocycles. The van der Waals surface area contributed by atoms with Crippen molar-refractivity contribution in [1.29, 1.82) is 0 Å². The lowest BCUT2D eigenvalue weighted by Crippen LogP contribution is -2.50. The van der Waals surface area contributed by atoms with Crippen molar-refractivity contribution >= 4 is 18.0 Å². The third-order valence-corrected chi connectivity index (χ3v) is 5.11. The fourth-order valence-electron chi connectivity index (χ4n) is 3.06. The molecule has 0 aliphatic heterocycles. The SMILES string of the molecule is CC[C@H](C)C(CON(C(=O)CCc1ccccc1)[C@@H](CCO)C(=O)O)NC(=O)OC(C)(C)C. The number of carbonyl (C=O) groups is 3. The molecule has 3 N–H and O–H groups in total. The number of nitrogens with one attached hydrogen (secondary N) is 1. The van der Waals surface area contributed by atoms with Crippen LogP contribution in [0.4, 0.5) is 4.79 Å². The number of aliphatic hydroxyl groups excluding tert-OH is 1. The minimum atomic E-state index is -1.35. The van der Waals surface area contributed by atoms with Crippen LogP contribution in [0.15, 0.2) is 30.3 Å². The van der Waals surface area contributed by atoms with Crippen molar-refractivity contribution in [2.45, 2.75) is 78.0 Å². The number of alkyl carbamates (subject to hydrolysis) is 1. The van der Waals surface area contributed by atoms with Crippen molar-refractivity contribution in [1.82, 2.24) is 10.4 Å². The zero-order valence-corrected chi connectivity index (χ0v) is 20.2. The van der Waals surface area contributed by atoms with Crippen LogP contribution in [-0.2, 0) is 25.6 Å². The Morgan fingerprint density at radius 3 is 2.30 bits per heavy atom. The van der Waals surface area contributed by atoms with E-state index in [1.165, 1.54) is 0 Å². The predicted molar refractivity (Wildman–Crippen MR) is 123 cm³/mol. The van der Waals surface area contributed by atoms with Crippen LogP contribution in [0.2, 0.25) is 0 Å². The lowest BCUT2D eigenvalue weighted by Gasteiger charge is -2.31. The van der Waals surface area contributed by atoms with Gasteiger partial charge in [-0.2, -0.15) is 0 Å². The van der Waals surface area contributed by atoms with Gasteiger partial charge in [0.2, 0.25) is 5.91 Å². The molecule has 0 saturated heterocycles. The molecule has 1 aromatic carbocycles. The molecule has 1 aromatic rings. The standard InChI is InChI=1S/C24H38N2O7/c1-6-17(2)19(25-23(31)33-24(3,4)5)16-32-26(20(14-15-27)22(29)30)21(28)13-12-18-10-8-7-9-11-18/h7-11,17,19-20,27H,6,12-16H2,1-5H3,(H,25,31)(H,29,30)/t17-,19?,20-/m0/s1. The van der Waals surface area contributed by atoms with E-state index in [0.29, 0.717) is 12.8 Å². The van der Waals surface area contributed by atoms with Gasteiger partial charge in [0.1, 0.15) is 5.60 Å². The Bertz CT molecular complexity index is 749. The molecule has 1 unspecified atom stereocenters. The lowest BCUT2D eigenvalue weighted by atomic mass is 10.0. The zero-order chi connectivity index (χ0) is 25.0. The molecule has 1 rings (SSSR count). The minimum Gasteiger partial charge on any atom is -0.480 e. The third kappa shape index (κ3) is 10.7. The largest absolute Gasteiger partial charge is 0.480 e. The Hall–Kier alpha value is -2.65. The summed E-state index contributed by atoms with van der Waals surface area (Å²) in [6.07, 6.45) is 0.358. The van der Waals surface area contributed by atoms with Gasteiger partial charge in [-0.3, -0.25) is 9.63 Å². The van der Waals surface area contributed by atoms with Gasteiger partial charge in [-0.25, -0.2) is 14.7 Å². The highest BCUT2D eigenvalue weighted by Gasteiger charge is 2.32. The van der Waals surface area contributed by atoms with Gasteiger partial charge in [0.05, 0.1) is 12.6 Å². The first-order valence-electron chi connectivity index (χ1n) is 11.3. The van der Waals surface area contributed by atoms with Gasteiger partial charge in [0, 0.05) is 19.4 Å². The highest BCUT2D eigenvalue weighted by molar-refractivity contribution is 5.82. The van der Waals surface area contributed by atoms with Gasteiger partial charge in [-0.05, 0) is 38.7 Å². The number of benzene rings is 1. The summed E-state index contributed by atoms with van der Waals surface area (Å²) in [6, 6.07) is 7.48. The minimum absolute atomic E-state index is 0.0279. The first kappa shape index (κ1) is 28.4. The van der Waals surface area contributed by atoms with Crippen molar-refractivity contribution in [3.05, 3.63) is 35.9 Å². The number of aliphatic hydroxyl groups is 1. The van der Waals surface area contributed by atoms with E-state index in [4.69, 9.17) is 9.57 Å². The summed E-state index contributed by atoms with van der Waals surface area (Å²) in [7, 11) is 0. The van der Waals surface area contributed by atoms with Crippen LogP contribution in [0.5, 0.6) is 0 Å². The van der Waals surface area contributed by atoms with Gasteiger partial charge < -0.3 is 20.3 Å². The van der Waals surface area contributed by atoms with Crippen molar-refractivity contribution in [2.24, 2.45) is 5.92 Å². The molecule has 0 aromatic heterocycles. The monoisotopic (exact) mass is 466 g/mol. The molecule has 9 nitrogen and oxygen atoms in total. The summed E-state index contributed by atoms with van der Waals surface area (Å²) in [5.41, 5.74) is 0.254. The van der Waals surface area contributed by atoms with Crippen LogP contribution in [-0.4, -0.2) is 64.1 Å². The van der Waals surface area contributed by atoms with E-state index in [-0.39, 0.29) is 25.4 Å². The predicted octanol–water partition coefficient (Wildman–Crippen LogP) is 3.15. The number of carbonyl (C=O) groups excluding carboxylic acids is 2. The molecule has 0 bridgehead atoms. The Morgan fingerprint density at radius 1 is 1.15 bits per heavy atom. The number of carboxylic acids is 1. The normalized spacial score (nSPS) is 14.1. The number of hydroxylamine groups is 2. The van der Waals surface area contributed by atoms with Gasteiger partial charge in [-0.15, -0.1) is 0 Å². The van der Waals surface area contributed by atoms with E-state index in [1.54, 1.807) is 20.8 Å². The fourth-order valence-corrected chi connectivity index (χ4v) is 3.06. The van der Waals surface area contributed by atoms with Gasteiger partial charge in [0.15, 0.2) is 6.04 Å². The Kier molecular flexibility index (Phi) is 11.9. The molecule has 0 aliphatic rings. The van der Waals surface area contributed by atoms with Crippen molar-refractivity contribution in [2.75, 3.05) is 13.2 Å². The number of amides is 2. The first-order chi connectivity index (χ1) is 15.5. The number of ether oxygens (including phenoxy) is 1. The van der Waals surface area contributed by atoms with Crippen LogP contribution in [0.3, 0.4) is 0 Å². The molecule has 0 spiro atoms. The van der Waals surface area contributed by atoms with E-state index in [0.717, 1.165) is 10.6 Å². The molecular weight excluding hydrogens is 428 g/mol. The zero-order valence-electron chi connectivity index (χ0n) is 20.2. The molecule has 0 saturated carbocycles. The number of hydrogen-bond donors (Lipinski definition) is 3. The molecule has 0 heterocycles. The lowest BCUT2D eigenvalue weighted by molar-refractivity contribution is -0.211. The second kappa shape index (κ2) is 13.8. The highest BCUT2D eigenvalue weighted by atomic mass is 16.7. The van der Waals surface area contributed by atoms with Crippen LogP contribution < -0.4 is 5.32 Å². The quantitative estimate of drug-likeness (QED) is 0.381. The second-order valence-electron chi connectivity index (χ2n) is 9.01. The second-order valence-corrected chi connectivity index (χ2v) is 9.01. The number of nitrogens with zero attached hydrogens (tertiary/aromatic N) is 1. The molecule has 2 amide bonds. The fraction of sp³-hybridized carbons (Fsp3) is 0.625. The van der Waals surface area contributed by atoms with E-state index in [2.05, 4.69) is 5.32 Å². The number of rotatable bonds is 13. The van der Waals surface area contributed by atoms with Crippen molar-refractivity contribution in [3.63, 3.8) is 0 Å². The van der Waals surface area contributed by atoms with Crippen LogP contribution in [0.1, 0.15) is 59.4 Å². The van der Waals surface area contributed by atoms with E-state index >= 15 is 0 Å². The molecule has 0 radical (unpaired) electrons. The molecule has 0 fully saturated rings. The summed E-state index contributed by atoms with van der Waals surface area (Å²) in [4.78, 5) is 42.7. The molecular formula is C24H38N2O7. The molecule has 33 heavy (non-hydrogen) atoms. The summed E-state index contributed by atoms with van der Waals surface area (Å²) in [5.74, 6) is -1.82. The Morgan fingerprint density at radius 2 is 1.79 bits per heavy atom. The van der Waals surface area contributed by atoms with Crippen molar-refractivity contribution in [3.8, 4) is 0 Å². The summed E-state index contributed by atoms with van der Waals surface area (Å²) >= 11 is 0. The average Bonchev–Trinajstić information content (AvgIpc) is 2.74. The van der Waals surface area contributed by atoms with Crippen molar-refractivity contribution < 1.29 is 34.2 Å². The third-order valence-electron chi connectivity index (χ3n) is 5.11. The van der Waals surface area contributed by atoms with E-state index in [1.807, 2.05) is 44.2 Å². The van der Waals surface area contributed by atoms with Gasteiger partial charge >= 0.3 is 12.1 Å².